The molecule has 218 valence electrons. The third-order valence-corrected chi connectivity index (χ3v) is 9.87. The molecule has 0 unspecified atom stereocenters. The first kappa shape index (κ1) is 30.6. The summed E-state index contributed by atoms with van der Waals surface area (Å²) >= 11 is 9.37. The van der Waals surface area contributed by atoms with Crippen LogP contribution < -0.4 is 16.0 Å². The average Bonchev–Trinajstić information content (AvgIpc) is 3.33. The van der Waals surface area contributed by atoms with E-state index < -0.39 is 39.7 Å². The summed E-state index contributed by atoms with van der Waals surface area (Å²) in [5.74, 6) is -0.807. The van der Waals surface area contributed by atoms with E-state index in [1.54, 1.807) is 0 Å². The number of alkyl halides is 3. The molecule has 0 spiro atoms. The molecule has 9 nitrogen and oxygen atoms in total. The summed E-state index contributed by atoms with van der Waals surface area (Å²) in [5, 5.41) is -0.0639. The Morgan fingerprint density at radius 1 is 1.20 bits per heavy atom. The van der Waals surface area contributed by atoms with E-state index in [4.69, 9.17) is 11.6 Å². The topological polar surface area (TPSA) is 105 Å². The molecule has 40 heavy (non-hydrogen) atoms. The second-order valence-corrected chi connectivity index (χ2v) is 13.2. The summed E-state index contributed by atoms with van der Waals surface area (Å²) in [6.07, 6.45) is -4.21. The summed E-state index contributed by atoms with van der Waals surface area (Å²) in [6, 6.07) is 5.18. The van der Waals surface area contributed by atoms with Crippen molar-refractivity contribution in [1.82, 2.24) is 19.4 Å². The quantitative estimate of drug-likeness (QED) is 0.388. The van der Waals surface area contributed by atoms with Crippen LogP contribution in [0.25, 0.3) is 10.9 Å². The maximum Gasteiger partial charge on any atom is 0.573 e. The monoisotopic (exact) mass is 666 g/mol. The molecule has 0 saturated carbocycles. The molecule has 1 aromatic heterocycles. The number of likely N-dealkylation sites (tertiary alicyclic amines) is 1. The normalized spacial score (nSPS) is 16.8. The predicted molar refractivity (Wildman–Crippen MR) is 149 cm³/mol. The van der Waals surface area contributed by atoms with Crippen LogP contribution in [-0.2, 0) is 22.9 Å². The molecule has 0 radical (unpaired) electrons. The highest BCUT2D eigenvalue weighted by Gasteiger charge is 2.34. The smallest absolute Gasteiger partial charge is 0.405 e. The van der Waals surface area contributed by atoms with Gasteiger partial charge in [0, 0.05) is 36.3 Å². The van der Waals surface area contributed by atoms with Crippen LogP contribution >= 0.6 is 27.5 Å². The molecule has 2 aromatic carbocycles. The van der Waals surface area contributed by atoms with Gasteiger partial charge in [-0.1, -0.05) is 18.5 Å². The zero-order chi connectivity index (χ0) is 29.6. The number of sulfone groups is 1. The second-order valence-electron chi connectivity index (χ2n) is 9.76. The van der Waals surface area contributed by atoms with Gasteiger partial charge in [0.2, 0.25) is 0 Å². The Labute approximate surface area is 241 Å². The van der Waals surface area contributed by atoms with Gasteiger partial charge in [0.15, 0.2) is 9.84 Å². The summed E-state index contributed by atoms with van der Waals surface area (Å²) in [5.41, 5.74) is -1.57. The molecular formula is C25H27BrClF3N4O5S. The summed E-state index contributed by atoms with van der Waals surface area (Å²) < 4.78 is 70.7. The number of benzene rings is 2. The Bertz CT molecular complexity index is 1670. The van der Waals surface area contributed by atoms with Gasteiger partial charge in [-0.3, -0.25) is 14.3 Å². The lowest BCUT2D eigenvalue weighted by atomic mass is 10.1. The lowest BCUT2D eigenvalue weighted by Crippen LogP contribution is -2.36. The summed E-state index contributed by atoms with van der Waals surface area (Å²) in [6.45, 7) is 2.30. The van der Waals surface area contributed by atoms with Crippen LogP contribution in [0.15, 0.2) is 43.2 Å². The van der Waals surface area contributed by atoms with E-state index in [-0.39, 0.29) is 54.8 Å². The van der Waals surface area contributed by atoms with Crippen molar-refractivity contribution in [2.24, 2.45) is 0 Å². The fourth-order valence-electron chi connectivity index (χ4n) is 4.78. The van der Waals surface area contributed by atoms with Gasteiger partial charge in [-0.15, -0.1) is 13.2 Å². The maximum absolute atomic E-state index is 13.5. The molecule has 1 saturated heterocycles. The number of hydrogen-bond acceptors (Lipinski definition) is 7. The molecule has 0 aliphatic carbocycles. The van der Waals surface area contributed by atoms with Crippen molar-refractivity contribution in [3.8, 4) is 5.75 Å². The minimum absolute atomic E-state index is 0.00614. The standard InChI is InChI=1S/C25H27BrClF3N4O5S/c1-4-40(37,38)20-6-5-15(27)9-14(20)11-34-23(35)17-10-19(39-25(28,29)30)18(21(26)22(17)31-24(34)36)13-33-8-7-16(12-33)32(2)3/h5-6,9-10,16H,4,7-8,11-13H2,1-3H3,(H,31,36)/t16-/m1/s1. The molecule has 1 aliphatic rings. The molecular weight excluding hydrogens is 641 g/mol. The van der Waals surface area contributed by atoms with Gasteiger partial charge in [-0.2, -0.15) is 0 Å². The Balaban J connectivity index is 1.86. The van der Waals surface area contributed by atoms with Crippen LogP contribution in [0.2, 0.25) is 5.02 Å². The van der Waals surface area contributed by atoms with Crippen LogP contribution in [0.4, 0.5) is 13.2 Å². The second kappa shape index (κ2) is 11.5. The van der Waals surface area contributed by atoms with E-state index >= 15 is 0 Å². The lowest BCUT2D eigenvalue weighted by molar-refractivity contribution is -0.275. The molecule has 1 N–H and O–H groups in total. The minimum atomic E-state index is -5.04. The third-order valence-electron chi connectivity index (χ3n) is 6.93. The number of ether oxygens (including phenoxy) is 1. The Morgan fingerprint density at radius 2 is 1.90 bits per heavy atom. The zero-order valence-electron chi connectivity index (χ0n) is 21.8. The number of aromatic amines is 1. The van der Waals surface area contributed by atoms with Crippen molar-refractivity contribution in [2.75, 3.05) is 32.9 Å². The van der Waals surface area contributed by atoms with Crippen molar-refractivity contribution in [1.29, 1.82) is 0 Å². The first-order valence-corrected chi connectivity index (χ1v) is 15.1. The van der Waals surface area contributed by atoms with E-state index in [0.717, 1.165) is 12.5 Å². The Morgan fingerprint density at radius 3 is 2.50 bits per heavy atom. The summed E-state index contributed by atoms with van der Waals surface area (Å²) in [4.78, 5) is 33.1. The van der Waals surface area contributed by atoms with Crippen molar-refractivity contribution >= 4 is 48.3 Å². The van der Waals surface area contributed by atoms with Gasteiger partial charge in [0.1, 0.15) is 5.75 Å². The molecule has 0 amide bonds. The van der Waals surface area contributed by atoms with Gasteiger partial charge < -0.3 is 14.6 Å². The zero-order valence-corrected chi connectivity index (χ0v) is 25.0. The predicted octanol–water partition coefficient (Wildman–Crippen LogP) is 3.98. The molecule has 1 aliphatic heterocycles. The first-order chi connectivity index (χ1) is 18.6. The number of halogens is 5. The number of likely N-dealkylation sites (N-methyl/N-ethyl adjacent to an activating group) is 1. The van der Waals surface area contributed by atoms with Gasteiger partial charge in [-0.25, -0.2) is 13.2 Å². The third kappa shape index (κ3) is 6.40. The van der Waals surface area contributed by atoms with Gasteiger partial charge in [0.05, 0.1) is 32.6 Å². The molecule has 0 bridgehead atoms. The number of hydrogen-bond donors (Lipinski definition) is 1. The van der Waals surface area contributed by atoms with E-state index in [9.17, 15) is 31.2 Å². The number of fused-ring (bicyclic) bond motifs is 1. The molecule has 15 heteroatoms. The van der Waals surface area contributed by atoms with Crippen LogP contribution in [0.5, 0.6) is 5.75 Å². The van der Waals surface area contributed by atoms with Gasteiger partial charge >= 0.3 is 12.1 Å². The van der Waals surface area contributed by atoms with E-state index in [1.807, 2.05) is 23.9 Å². The first-order valence-electron chi connectivity index (χ1n) is 12.2. The van der Waals surface area contributed by atoms with E-state index in [1.165, 1.54) is 25.1 Å². The fraction of sp³-hybridized carbons (Fsp3) is 0.440. The number of H-pyrrole nitrogens is 1. The van der Waals surface area contributed by atoms with Gasteiger partial charge in [-0.05, 0) is 66.3 Å². The Kier molecular flexibility index (Phi) is 8.77. The lowest BCUT2D eigenvalue weighted by Gasteiger charge is -2.23. The molecule has 1 fully saturated rings. The SMILES string of the molecule is CCS(=O)(=O)c1ccc(Cl)cc1Cn1c(=O)[nH]c2c(Br)c(CN3CC[C@@H](N(C)C)C3)c(OC(F)(F)F)cc2c1=O. The minimum Gasteiger partial charge on any atom is -0.405 e. The van der Waals surface area contributed by atoms with Crippen LogP contribution in [0, 0.1) is 0 Å². The molecule has 3 aromatic rings. The number of rotatable bonds is 8. The van der Waals surface area contributed by atoms with Crippen molar-refractivity contribution in [3.05, 3.63) is 65.7 Å². The van der Waals surface area contributed by atoms with Crippen LogP contribution in [-0.4, -0.2) is 73.1 Å². The van der Waals surface area contributed by atoms with Crippen molar-refractivity contribution in [2.45, 2.75) is 43.7 Å². The van der Waals surface area contributed by atoms with E-state index in [2.05, 4.69) is 25.7 Å². The largest absolute Gasteiger partial charge is 0.573 e. The highest BCUT2D eigenvalue weighted by atomic mass is 79.9. The fourth-order valence-corrected chi connectivity index (χ4v) is 6.72. The number of aromatic nitrogens is 2. The van der Waals surface area contributed by atoms with Crippen molar-refractivity contribution < 1.29 is 26.3 Å². The summed E-state index contributed by atoms with van der Waals surface area (Å²) in [7, 11) is 0.117. The van der Waals surface area contributed by atoms with Crippen molar-refractivity contribution in [3.63, 3.8) is 0 Å². The van der Waals surface area contributed by atoms with E-state index in [0.29, 0.717) is 17.7 Å². The number of nitrogens with zero attached hydrogens (tertiary/aromatic N) is 3. The Hall–Kier alpha value is -2.39. The van der Waals surface area contributed by atoms with Crippen LogP contribution in [0.3, 0.4) is 0 Å². The molecule has 2 heterocycles. The maximum atomic E-state index is 13.5. The van der Waals surface area contributed by atoms with Gasteiger partial charge in [0.25, 0.3) is 5.56 Å². The highest BCUT2D eigenvalue weighted by Crippen LogP contribution is 2.37. The molecule has 4 rings (SSSR count). The molecule has 1 atom stereocenters. The van der Waals surface area contributed by atoms with Crippen LogP contribution in [0.1, 0.15) is 24.5 Å². The average molecular weight is 668 g/mol. The highest BCUT2D eigenvalue weighted by molar-refractivity contribution is 9.10. The number of nitrogens with one attached hydrogen (secondary N) is 1.